The molecule has 3 rings (SSSR count). The number of aromatic nitrogens is 1. The van der Waals surface area contributed by atoms with Gasteiger partial charge in [0.05, 0.1) is 6.26 Å². The highest BCUT2D eigenvalue weighted by Crippen LogP contribution is 2.30. The van der Waals surface area contributed by atoms with Crippen LogP contribution >= 0.6 is 0 Å². The van der Waals surface area contributed by atoms with Crippen molar-refractivity contribution in [3.63, 3.8) is 0 Å². The summed E-state index contributed by atoms with van der Waals surface area (Å²) in [6, 6.07) is 13.4. The molecule has 21 heavy (non-hydrogen) atoms. The third kappa shape index (κ3) is 2.76. The Hall–Kier alpha value is -2.33. The van der Waals surface area contributed by atoms with Crippen molar-refractivity contribution in [3.05, 3.63) is 60.7 Å². The summed E-state index contributed by atoms with van der Waals surface area (Å²) in [5, 5.41) is 1.04. The van der Waals surface area contributed by atoms with E-state index in [9.17, 15) is 0 Å². The van der Waals surface area contributed by atoms with Gasteiger partial charge in [-0.25, -0.2) is 0 Å². The van der Waals surface area contributed by atoms with Crippen LogP contribution in [0.15, 0.2) is 59.3 Å². The van der Waals surface area contributed by atoms with Crippen molar-refractivity contribution in [2.24, 2.45) is 5.73 Å². The molecule has 0 amide bonds. The Morgan fingerprint density at radius 3 is 2.81 bits per heavy atom. The van der Waals surface area contributed by atoms with E-state index in [1.165, 1.54) is 0 Å². The molecule has 0 aliphatic heterocycles. The molecule has 2 aromatic heterocycles. The normalized spacial score (nSPS) is 14.0. The van der Waals surface area contributed by atoms with Gasteiger partial charge in [0.15, 0.2) is 6.10 Å². The molecular weight excluding hydrogens is 264 g/mol. The van der Waals surface area contributed by atoms with Crippen molar-refractivity contribution in [1.29, 1.82) is 0 Å². The first-order valence-corrected chi connectivity index (χ1v) is 7.09. The zero-order valence-corrected chi connectivity index (χ0v) is 11.9. The Morgan fingerprint density at radius 1 is 1.19 bits per heavy atom. The minimum absolute atomic E-state index is 0.143. The van der Waals surface area contributed by atoms with Crippen LogP contribution in [0.5, 0.6) is 5.75 Å². The number of fused-ring (bicyclic) bond motifs is 1. The quantitative estimate of drug-likeness (QED) is 0.775. The maximum atomic E-state index is 6.19. The fourth-order valence-electron chi connectivity index (χ4n) is 2.33. The third-order valence-corrected chi connectivity index (χ3v) is 3.53. The molecule has 4 nitrogen and oxygen atoms in total. The lowest BCUT2D eigenvalue weighted by atomic mass is 10.1. The number of furan rings is 1. The first-order chi connectivity index (χ1) is 10.3. The molecule has 2 unspecified atom stereocenters. The molecule has 0 aliphatic carbocycles. The van der Waals surface area contributed by atoms with Crippen molar-refractivity contribution in [1.82, 2.24) is 4.98 Å². The van der Waals surface area contributed by atoms with Crippen LogP contribution in [0.3, 0.4) is 0 Å². The largest absolute Gasteiger partial charge is 0.479 e. The van der Waals surface area contributed by atoms with E-state index in [0.717, 1.165) is 28.8 Å². The highest BCUT2D eigenvalue weighted by atomic mass is 16.5. The fourth-order valence-corrected chi connectivity index (χ4v) is 2.33. The van der Waals surface area contributed by atoms with E-state index in [-0.39, 0.29) is 12.1 Å². The molecule has 0 radical (unpaired) electrons. The van der Waals surface area contributed by atoms with Gasteiger partial charge in [-0.2, -0.15) is 0 Å². The maximum absolute atomic E-state index is 6.19. The van der Waals surface area contributed by atoms with Gasteiger partial charge in [0.25, 0.3) is 0 Å². The van der Waals surface area contributed by atoms with Gasteiger partial charge in [-0.15, -0.1) is 0 Å². The van der Waals surface area contributed by atoms with Gasteiger partial charge < -0.3 is 14.9 Å². The molecule has 0 fully saturated rings. The second-order valence-corrected chi connectivity index (χ2v) is 4.96. The molecule has 1 aromatic carbocycles. The molecule has 0 bridgehead atoms. The van der Waals surface area contributed by atoms with Crippen LogP contribution in [0.1, 0.15) is 25.2 Å². The Morgan fingerprint density at radius 2 is 2.05 bits per heavy atom. The molecule has 3 aromatic rings. The second-order valence-electron chi connectivity index (χ2n) is 4.96. The van der Waals surface area contributed by atoms with Crippen molar-refractivity contribution in [3.8, 4) is 5.75 Å². The lowest BCUT2D eigenvalue weighted by molar-refractivity contribution is 0.146. The minimum atomic E-state index is -0.322. The van der Waals surface area contributed by atoms with Gasteiger partial charge in [0, 0.05) is 17.6 Å². The smallest absolute Gasteiger partial charge is 0.171 e. The van der Waals surface area contributed by atoms with E-state index in [1.807, 2.05) is 49.4 Å². The first-order valence-electron chi connectivity index (χ1n) is 7.09. The number of nitrogens with zero attached hydrogens (tertiary/aromatic N) is 1. The minimum Gasteiger partial charge on any atom is -0.479 e. The van der Waals surface area contributed by atoms with Crippen molar-refractivity contribution in [2.45, 2.75) is 25.5 Å². The summed E-state index contributed by atoms with van der Waals surface area (Å²) in [7, 11) is 0. The zero-order valence-electron chi connectivity index (χ0n) is 11.9. The Bertz CT molecular complexity index is 704. The van der Waals surface area contributed by atoms with Crippen molar-refractivity contribution >= 4 is 10.9 Å². The van der Waals surface area contributed by atoms with Gasteiger partial charge in [-0.05, 0) is 30.7 Å². The summed E-state index contributed by atoms with van der Waals surface area (Å²) in [6.07, 6.45) is 3.87. The number of para-hydroxylation sites is 1. The number of ether oxygens (including phenoxy) is 1. The van der Waals surface area contributed by atoms with Crippen LogP contribution in [-0.2, 0) is 0 Å². The molecule has 2 heterocycles. The predicted octanol–water partition coefficient (Wildman–Crippen LogP) is 3.69. The monoisotopic (exact) mass is 282 g/mol. The number of benzene rings is 1. The summed E-state index contributed by atoms with van der Waals surface area (Å²) < 4.78 is 11.6. The predicted molar refractivity (Wildman–Crippen MR) is 82.1 cm³/mol. The van der Waals surface area contributed by atoms with Gasteiger partial charge in [0.2, 0.25) is 0 Å². The number of nitrogens with two attached hydrogens (primary N) is 1. The Kier molecular flexibility index (Phi) is 3.88. The molecule has 0 saturated heterocycles. The summed E-state index contributed by atoms with van der Waals surface area (Å²) in [5.41, 5.74) is 7.03. The summed E-state index contributed by atoms with van der Waals surface area (Å²) >= 11 is 0. The van der Waals surface area contributed by atoms with Gasteiger partial charge in [-0.1, -0.05) is 25.1 Å². The van der Waals surface area contributed by atoms with Crippen LogP contribution in [0.25, 0.3) is 10.9 Å². The van der Waals surface area contributed by atoms with Crippen LogP contribution in [0.2, 0.25) is 0 Å². The van der Waals surface area contributed by atoms with E-state index >= 15 is 0 Å². The number of hydrogen-bond donors (Lipinski definition) is 1. The highest BCUT2D eigenvalue weighted by molar-refractivity contribution is 5.84. The standard InChI is InChI=1S/C17H18N2O2/c1-2-13(18)17(15-9-5-11-20-15)21-14-8-3-6-12-7-4-10-19-16(12)14/h3-11,13,17H,2,18H2,1H3. The molecule has 4 heteroatoms. The Balaban J connectivity index is 1.98. The topological polar surface area (TPSA) is 61.3 Å². The highest BCUT2D eigenvalue weighted by Gasteiger charge is 2.24. The summed E-state index contributed by atoms with van der Waals surface area (Å²) in [5.74, 6) is 1.45. The average Bonchev–Trinajstić information content (AvgIpc) is 3.06. The van der Waals surface area contributed by atoms with E-state index in [4.69, 9.17) is 14.9 Å². The number of rotatable bonds is 5. The molecule has 0 spiro atoms. The molecule has 2 N–H and O–H groups in total. The average molecular weight is 282 g/mol. The second kappa shape index (κ2) is 5.97. The zero-order chi connectivity index (χ0) is 14.7. The molecule has 0 aliphatic rings. The van der Waals surface area contributed by atoms with Gasteiger partial charge in [0.1, 0.15) is 17.0 Å². The first kappa shape index (κ1) is 13.6. The summed E-state index contributed by atoms with van der Waals surface area (Å²) in [6.45, 7) is 2.03. The van der Waals surface area contributed by atoms with Crippen molar-refractivity contribution < 1.29 is 9.15 Å². The fraction of sp³-hybridized carbons (Fsp3) is 0.235. The lowest BCUT2D eigenvalue weighted by Crippen LogP contribution is -2.31. The SMILES string of the molecule is CCC(N)C(Oc1cccc2cccnc12)c1ccco1. The van der Waals surface area contributed by atoms with Crippen LogP contribution in [0, 0.1) is 0 Å². The number of pyridine rings is 1. The van der Waals surface area contributed by atoms with Crippen LogP contribution < -0.4 is 10.5 Å². The van der Waals surface area contributed by atoms with Crippen molar-refractivity contribution in [2.75, 3.05) is 0 Å². The molecular formula is C17H18N2O2. The van der Waals surface area contributed by atoms with Crippen LogP contribution in [0.4, 0.5) is 0 Å². The van der Waals surface area contributed by atoms with Gasteiger partial charge >= 0.3 is 0 Å². The van der Waals surface area contributed by atoms with E-state index in [2.05, 4.69) is 4.98 Å². The lowest BCUT2D eigenvalue weighted by Gasteiger charge is -2.23. The Labute approximate surface area is 123 Å². The van der Waals surface area contributed by atoms with E-state index in [1.54, 1.807) is 12.5 Å². The summed E-state index contributed by atoms with van der Waals surface area (Å²) in [4.78, 5) is 4.40. The molecule has 108 valence electrons. The van der Waals surface area contributed by atoms with E-state index in [0.29, 0.717) is 0 Å². The van der Waals surface area contributed by atoms with E-state index < -0.39 is 0 Å². The molecule has 2 atom stereocenters. The van der Waals surface area contributed by atoms with Crippen LogP contribution in [-0.4, -0.2) is 11.0 Å². The number of hydrogen-bond acceptors (Lipinski definition) is 4. The maximum Gasteiger partial charge on any atom is 0.171 e. The third-order valence-electron chi connectivity index (χ3n) is 3.53. The molecule has 0 saturated carbocycles. The van der Waals surface area contributed by atoms with Gasteiger partial charge in [-0.3, -0.25) is 4.98 Å².